The van der Waals surface area contributed by atoms with E-state index in [9.17, 15) is 9.59 Å². The van der Waals surface area contributed by atoms with Crippen LogP contribution in [-0.2, 0) is 4.79 Å². The summed E-state index contributed by atoms with van der Waals surface area (Å²) < 4.78 is 0. The van der Waals surface area contributed by atoms with Crippen molar-refractivity contribution in [2.24, 2.45) is 5.92 Å². The number of thioether (sulfide) groups is 1. The maximum atomic E-state index is 13.0. The Labute approximate surface area is 179 Å². The molecule has 7 nitrogen and oxygen atoms in total. The van der Waals surface area contributed by atoms with Gasteiger partial charge in [-0.05, 0) is 55.5 Å². The molecule has 0 radical (unpaired) electrons. The molecular weight excluding hydrogens is 398 g/mol. The van der Waals surface area contributed by atoms with Crippen molar-refractivity contribution >= 4 is 29.3 Å². The average Bonchev–Trinajstić information content (AvgIpc) is 3.30. The molecule has 0 bridgehead atoms. The molecule has 0 aliphatic carbocycles. The van der Waals surface area contributed by atoms with Gasteiger partial charge in [0.15, 0.2) is 0 Å². The van der Waals surface area contributed by atoms with Gasteiger partial charge in [-0.3, -0.25) is 19.7 Å². The SMILES string of the molecule is CSc1cccc(NC(=O)C2CCCN(C(=O)c3cc(-c4ccncc4)n[nH]3)C2)c1. The van der Waals surface area contributed by atoms with Crippen molar-refractivity contribution < 1.29 is 9.59 Å². The van der Waals surface area contributed by atoms with E-state index in [2.05, 4.69) is 20.5 Å². The quantitative estimate of drug-likeness (QED) is 0.613. The van der Waals surface area contributed by atoms with Crippen LogP contribution in [0.2, 0.25) is 0 Å². The fourth-order valence-corrected chi connectivity index (χ4v) is 4.05. The van der Waals surface area contributed by atoms with E-state index >= 15 is 0 Å². The minimum absolute atomic E-state index is 0.0483. The number of anilines is 1. The van der Waals surface area contributed by atoms with Gasteiger partial charge in [0, 0.05) is 41.6 Å². The molecule has 1 saturated heterocycles. The lowest BCUT2D eigenvalue weighted by atomic mass is 9.96. The Morgan fingerprint density at radius 3 is 2.83 bits per heavy atom. The standard InChI is InChI=1S/C22H23N5O2S/c1-30-18-6-2-5-17(12-18)24-21(28)16-4-3-11-27(14-16)22(29)20-13-19(25-26-20)15-7-9-23-10-8-15/h2,5-10,12-13,16H,3-4,11,14H2,1H3,(H,24,28)(H,25,26). The second kappa shape index (κ2) is 9.13. The van der Waals surface area contributed by atoms with Crippen LogP contribution < -0.4 is 5.32 Å². The van der Waals surface area contributed by atoms with Gasteiger partial charge in [-0.15, -0.1) is 11.8 Å². The summed E-state index contributed by atoms with van der Waals surface area (Å²) in [6.07, 6.45) is 6.94. The van der Waals surface area contributed by atoms with Gasteiger partial charge in [0.1, 0.15) is 5.69 Å². The third-order valence-corrected chi connectivity index (χ3v) is 5.93. The van der Waals surface area contributed by atoms with Crippen LogP contribution in [0.1, 0.15) is 23.3 Å². The molecule has 1 atom stereocenters. The van der Waals surface area contributed by atoms with Gasteiger partial charge < -0.3 is 10.2 Å². The lowest BCUT2D eigenvalue weighted by Gasteiger charge is -2.31. The molecule has 2 N–H and O–H groups in total. The number of carbonyl (C=O) groups is 2. The molecule has 30 heavy (non-hydrogen) atoms. The summed E-state index contributed by atoms with van der Waals surface area (Å²) in [6, 6.07) is 13.2. The van der Waals surface area contributed by atoms with Crippen molar-refractivity contribution in [1.29, 1.82) is 0 Å². The topological polar surface area (TPSA) is 91.0 Å². The molecule has 0 spiro atoms. The first-order chi connectivity index (χ1) is 14.6. The van der Waals surface area contributed by atoms with Crippen molar-refractivity contribution in [3.05, 3.63) is 60.6 Å². The molecule has 0 saturated carbocycles. The van der Waals surface area contributed by atoms with Crippen LogP contribution >= 0.6 is 11.8 Å². The van der Waals surface area contributed by atoms with Crippen molar-refractivity contribution in [3.63, 3.8) is 0 Å². The third kappa shape index (κ3) is 4.54. The molecule has 1 aliphatic heterocycles. The Kier molecular flexibility index (Phi) is 6.13. The summed E-state index contributed by atoms with van der Waals surface area (Å²) >= 11 is 1.63. The number of nitrogens with one attached hydrogen (secondary N) is 2. The predicted octanol–water partition coefficient (Wildman–Crippen LogP) is 3.68. The van der Waals surface area contributed by atoms with E-state index in [1.54, 1.807) is 35.1 Å². The molecule has 2 aromatic heterocycles. The first kappa shape index (κ1) is 20.2. The van der Waals surface area contributed by atoms with Gasteiger partial charge in [0.05, 0.1) is 11.6 Å². The van der Waals surface area contributed by atoms with Crippen LogP contribution in [0.15, 0.2) is 59.8 Å². The van der Waals surface area contributed by atoms with Crippen LogP contribution in [0.4, 0.5) is 5.69 Å². The second-order valence-corrected chi connectivity index (χ2v) is 8.09. The number of hydrogen-bond donors (Lipinski definition) is 2. The molecule has 3 heterocycles. The van der Waals surface area contributed by atoms with E-state index in [-0.39, 0.29) is 17.7 Å². The minimum atomic E-state index is -0.233. The van der Waals surface area contributed by atoms with Crippen LogP contribution in [0.5, 0.6) is 0 Å². The number of nitrogens with zero attached hydrogens (tertiary/aromatic N) is 3. The van der Waals surface area contributed by atoms with Crippen LogP contribution in [0.25, 0.3) is 11.3 Å². The van der Waals surface area contributed by atoms with Gasteiger partial charge in [-0.1, -0.05) is 6.07 Å². The van der Waals surface area contributed by atoms with E-state index < -0.39 is 0 Å². The molecule has 1 unspecified atom stereocenters. The van der Waals surface area contributed by atoms with Gasteiger partial charge in [0.25, 0.3) is 5.91 Å². The molecular formula is C22H23N5O2S. The maximum absolute atomic E-state index is 13.0. The van der Waals surface area contributed by atoms with Gasteiger partial charge in [0.2, 0.25) is 5.91 Å². The number of amides is 2. The molecule has 1 aromatic carbocycles. The van der Waals surface area contributed by atoms with Crippen molar-refractivity contribution in [2.75, 3.05) is 24.7 Å². The Morgan fingerprint density at radius 1 is 1.20 bits per heavy atom. The number of benzene rings is 1. The van der Waals surface area contributed by atoms with Crippen molar-refractivity contribution in [3.8, 4) is 11.3 Å². The fourth-order valence-electron chi connectivity index (χ4n) is 3.59. The minimum Gasteiger partial charge on any atom is -0.337 e. The number of pyridine rings is 1. The lowest BCUT2D eigenvalue weighted by Crippen LogP contribution is -2.43. The summed E-state index contributed by atoms with van der Waals surface area (Å²) in [7, 11) is 0. The number of carbonyl (C=O) groups excluding carboxylic acids is 2. The highest BCUT2D eigenvalue weighted by atomic mass is 32.2. The average molecular weight is 422 g/mol. The van der Waals surface area contributed by atoms with E-state index in [1.807, 2.05) is 42.7 Å². The van der Waals surface area contributed by atoms with E-state index in [4.69, 9.17) is 0 Å². The monoisotopic (exact) mass is 421 g/mol. The Bertz CT molecular complexity index is 1040. The molecule has 1 fully saturated rings. The zero-order chi connectivity index (χ0) is 20.9. The number of aromatic nitrogens is 3. The Hall–Kier alpha value is -3.13. The smallest absolute Gasteiger partial charge is 0.271 e. The fraction of sp³-hybridized carbons (Fsp3) is 0.273. The summed E-state index contributed by atoms with van der Waals surface area (Å²) in [4.78, 5) is 32.6. The van der Waals surface area contributed by atoms with E-state index in [1.165, 1.54) is 0 Å². The lowest BCUT2D eigenvalue weighted by molar-refractivity contribution is -0.121. The zero-order valence-corrected chi connectivity index (χ0v) is 17.5. The molecule has 4 rings (SSSR count). The first-order valence-corrected chi connectivity index (χ1v) is 11.1. The summed E-state index contributed by atoms with van der Waals surface area (Å²) in [5, 5.41) is 10.1. The third-order valence-electron chi connectivity index (χ3n) is 5.20. The Balaban J connectivity index is 1.41. The van der Waals surface area contributed by atoms with Gasteiger partial charge in [-0.2, -0.15) is 5.10 Å². The first-order valence-electron chi connectivity index (χ1n) is 9.84. The zero-order valence-electron chi connectivity index (χ0n) is 16.7. The van der Waals surface area contributed by atoms with Gasteiger partial charge >= 0.3 is 0 Å². The highest BCUT2D eigenvalue weighted by Crippen LogP contribution is 2.23. The highest BCUT2D eigenvalue weighted by molar-refractivity contribution is 7.98. The summed E-state index contributed by atoms with van der Waals surface area (Å²) in [6.45, 7) is 1.03. The number of piperidine rings is 1. The number of H-pyrrole nitrogens is 1. The maximum Gasteiger partial charge on any atom is 0.271 e. The molecule has 8 heteroatoms. The molecule has 154 valence electrons. The van der Waals surface area contributed by atoms with Gasteiger partial charge in [-0.25, -0.2) is 0 Å². The van der Waals surface area contributed by atoms with Crippen LogP contribution in [0, 0.1) is 5.92 Å². The van der Waals surface area contributed by atoms with Crippen molar-refractivity contribution in [1.82, 2.24) is 20.1 Å². The highest BCUT2D eigenvalue weighted by Gasteiger charge is 2.29. The molecule has 3 aromatic rings. The number of hydrogen-bond acceptors (Lipinski definition) is 5. The van der Waals surface area contributed by atoms with Crippen LogP contribution in [-0.4, -0.2) is 51.2 Å². The Morgan fingerprint density at radius 2 is 2.03 bits per heavy atom. The van der Waals surface area contributed by atoms with Crippen LogP contribution in [0.3, 0.4) is 0 Å². The van der Waals surface area contributed by atoms with E-state index in [0.29, 0.717) is 24.5 Å². The number of rotatable bonds is 5. The predicted molar refractivity (Wildman–Crippen MR) is 117 cm³/mol. The summed E-state index contributed by atoms with van der Waals surface area (Å²) in [5.74, 6) is -0.416. The normalized spacial score (nSPS) is 16.3. The van der Waals surface area contributed by atoms with Crippen molar-refractivity contribution in [2.45, 2.75) is 17.7 Å². The van der Waals surface area contributed by atoms with E-state index in [0.717, 1.165) is 29.0 Å². The number of aromatic amines is 1. The number of likely N-dealkylation sites (tertiary alicyclic amines) is 1. The second-order valence-electron chi connectivity index (χ2n) is 7.21. The largest absolute Gasteiger partial charge is 0.337 e. The molecule has 2 amide bonds. The summed E-state index contributed by atoms with van der Waals surface area (Å²) in [5.41, 5.74) is 2.80. The molecule has 1 aliphatic rings.